The van der Waals surface area contributed by atoms with Gasteiger partial charge >= 0.3 is 5.97 Å². The summed E-state index contributed by atoms with van der Waals surface area (Å²) in [4.78, 5) is 30.5. The zero-order valence-corrected chi connectivity index (χ0v) is 19.7. The first-order valence-electron chi connectivity index (χ1n) is 12.0. The molecular weight excluding hydrogens is 433 g/mol. The van der Waals surface area contributed by atoms with Gasteiger partial charge in [0.2, 0.25) is 5.43 Å². The summed E-state index contributed by atoms with van der Waals surface area (Å²) in [6.07, 6.45) is 3.55. The van der Waals surface area contributed by atoms with E-state index in [-0.39, 0.29) is 23.6 Å². The van der Waals surface area contributed by atoms with Crippen molar-refractivity contribution in [1.29, 1.82) is 0 Å². The van der Waals surface area contributed by atoms with Crippen LogP contribution < -0.4 is 10.3 Å². The molecule has 1 aromatic heterocycles. The van der Waals surface area contributed by atoms with Gasteiger partial charge in [-0.05, 0) is 44.0 Å². The Morgan fingerprint density at radius 2 is 1.79 bits per heavy atom. The van der Waals surface area contributed by atoms with Gasteiger partial charge in [-0.25, -0.2) is 9.18 Å². The number of carbonyl (C=O) groups excluding carboxylic acids is 1. The lowest BCUT2D eigenvalue weighted by molar-refractivity contribution is 0.0470. The molecule has 6 nitrogen and oxygen atoms in total. The van der Waals surface area contributed by atoms with E-state index in [2.05, 4.69) is 11.8 Å². The van der Waals surface area contributed by atoms with Gasteiger partial charge in [0.15, 0.2) is 0 Å². The first-order valence-corrected chi connectivity index (χ1v) is 12.0. The molecule has 0 bridgehead atoms. The van der Waals surface area contributed by atoms with Gasteiger partial charge in [0.1, 0.15) is 18.0 Å². The summed E-state index contributed by atoms with van der Waals surface area (Å²) < 4.78 is 22.6. The predicted molar refractivity (Wildman–Crippen MR) is 131 cm³/mol. The summed E-state index contributed by atoms with van der Waals surface area (Å²) in [6, 6.07) is 11.0. The fourth-order valence-corrected chi connectivity index (χ4v) is 4.62. The number of halogens is 1. The van der Waals surface area contributed by atoms with E-state index in [1.807, 2.05) is 40.7 Å². The minimum atomic E-state index is -0.679. The number of likely N-dealkylation sites (N-methyl/N-ethyl adjacent to an activating group) is 1. The minimum Gasteiger partial charge on any atom is -0.457 e. The molecule has 0 atom stereocenters. The summed E-state index contributed by atoms with van der Waals surface area (Å²) in [7, 11) is 0. The number of benzene rings is 2. The van der Waals surface area contributed by atoms with Crippen LogP contribution in [0.2, 0.25) is 0 Å². The summed E-state index contributed by atoms with van der Waals surface area (Å²) in [5.74, 6) is -1.11. The quantitative estimate of drug-likeness (QED) is 0.511. The third kappa shape index (κ3) is 4.44. The van der Waals surface area contributed by atoms with Gasteiger partial charge in [0.25, 0.3) is 0 Å². The highest BCUT2D eigenvalue weighted by atomic mass is 19.1. The van der Waals surface area contributed by atoms with Gasteiger partial charge in [0.05, 0.1) is 11.2 Å². The Balaban J connectivity index is 1.47. The fourth-order valence-electron chi connectivity index (χ4n) is 4.62. The number of aromatic nitrogens is 1. The number of pyridine rings is 1. The van der Waals surface area contributed by atoms with Crippen LogP contribution in [0.25, 0.3) is 10.9 Å². The second kappa shape index (κ2) is 9.22. The van der Waals surface area contributed by atoms with E-state index >= 15 is 4.39 Å². The van der Waals surface area contributed by atoms with Crippen LogP contribution in [0, 0.1) is 12.7 Å². The highest BCUT2D eigenvalue weighted by molar-refractivity contribution is 5.94. The van der Waals surface area contributed by atoms with Gasteiger partial charge < -0.3 is 19.1 Å². The number of fused-ring (bicyclic) bond motifs is 1. The SMILES string of the molecule is CCN1CCN(c2cc3c(cc2F)c(=O)c(C(=O)OCc2ccc(C)cc2)cn3C2CC2)CC1. The molecule has 2 heterocycles. The molecule has 5 rings (SSSR count). The Morgan fingerprint density at radius 3 is 2.44 bits per heavy atom. The maximum absolute atomic E-state index is 15.2. The Bertz CT molecular complexity index is 1270. The fraction of sp³-hybridized carbons (Fsp3) is 0.407. The minimum absolute atomic E-state index is 0.0461. The number of hydrogen-bond donors (Lipinski definition) is 0. The third-order valence-electron chi connectivity index (χ3n) is 6.91. The normalized spacial score (nSPS) is 16.7. The average Bonchev–Trinajstić information content (AvgIpc) is 3.69. The van der Waals surface area contributed by atoms with Crippen LogP contribution in [0.4, 0.5) is 10.1 Å². The van der Waals surface area contributed by atoms with Crippen molar-refractivity contribution in [2.45, 2.75) is 39.3 Å². The first kappa shape index (κ1) is 22.6. The van der Waals surface area contributed by atoms with Crippen LogP contribution in [0.3, 0.4) is 0 Å². The standard InChI is InChI=1S/C27H30FN3O3/c1-3-29-10-12-30(13-11-29)25-15-24-21(14-23(25)28)26(32)22(16-31(24)20-8-9-20)27(33)34-17-19-6-4-18(2)5-7-19/h4-7,14-16,20H,3,8-13,17H2,1-2H3. The largest absolute Gasteiger partial charge is 0.457 e. The number of aryl methyl sites for hydroxylation is 1. The van der Waals surface area contributed by atoms with E-state index < -0.39 is 17.2 Å². The van der Waals surface area contributed by atoms with Crippen LogP contribution >= 0.6 is 0 Å². The molecule has 34 heavy (non-hydrogen) atoms. The van der Waals surface area contributed by atoms with Crippen molar-refractivity contribution in [3.63, 3.8) is 0 Å². The summed E-state index contributed by atoms with van der Waals surface area (Å²) in [5.41, 5.74) is 2.63. The zero-order chi connectivity index (χ0) is 23.8. The molecule has 1 saturated heterocycles. The molecule has 2 aromatic carbocycles. The molecule has 3 aromatic rings. The Morgan fingerprint density at radius 1 is 1.09 bits per heavy atom. The zero-order valence-electron chi connectivity index (χ0n) is 19.7. The summed E-state index contributed by atoms with van der Waals surface area (Å²) in [5, 5.41) is 0.227. The molecule has 1 saturated carbocycles. The van der Waals surface area contributed by atoms with Crippen LogP contribution in [-0.2, 0) is 11.3 Å². The lowest BCUT2D eigenvalue weighted by Crippen LogP contribution is -2.46. The van der Waals surface area contributed by atoms with E-state index in [1.165, 1.54) is 6.07 Å². The number of nitrogens with zero attached hydrogens (tertiary/aromatic N) is 3. The Hall–Kier alpha value is -3.19. The number of piperazine rings is 1. The Kier molecular flexibility index (Phi) is 6.13. The van der Waals surface area contributed by atoms with Crippen molar-refractivity contribution in [2.24, 2.45) is 0 Å². The van der Waals surface area contributed by atoms with E-state index in [0.29, 0.717) is 11.2 Å². The molecule has 178 valence electrons. The third-order valence-corrected chi connectivity index (χ3v) is 6.91. The van der Waals surface area contributed by atoms with Crippen molar-refractivity contribution in [1.82, 2.24) is 9.47 Å². The Labute approximate surface area is 198 Å². The van der Waals surface area contributed by atoms with Crippen molar-refractivity contribution in [3.05, 3.63) is 75.3 Å². The van der Waals surface area contributed by atoms with Crippen molar-refractivity contribution in [3.8, 4) is 0 Å². The molecule has 0 unspecified atom stereocenters. The maximum Gasteiger partial charge on any atom is 0.343 e. The topological polar surface area (TPSA) is 54.8 Å². The molecule has 1 aliphatic heterocycles. The maximum atomic E-state index is 15.2. The lowest BCUT2D eigenvalue weighted by Gasteiger charge is -2.35. The van der Waals surface area contributed by atoms with Gasteiger partial charge in [-0.2, -0.15) is 0 Å². The van der Waals surface area contributed by atoms with Crippen molar-refractivity contribution in [2.75, 3.05) is 37.6 Å². The van der Waals surface area contributed by atoms with Gasteiger partial charge in [0, 0.05) is 43.8 Å². The van der Waals surface area contributed by atoms with Crippen LogP contribution in [0.1, 0.15) is 47.3 Å². The van der Waals surface area contributed by atoms with E-state index in [1.54, 1.807) is 12.3 Å². The van der Waals surface area contributed by atoms with Gasteiger partial charge in [-0.3, -0.25) is 4.79 Å². The number of rotatable bonds is 6. The predicted octanol–water partition coefficient (Wildman–Crippen LogP) is 4.28. The molecule has 7 heteroatoms. The number of anilines is 1. The monoisotopic (exact) mass is 463 g/mol. The molecular formula is C27H30FN3O3. The number of esters is 1. The van der Waals surface area contributed by atoms with E-state index in [0.717, 1.165) is 56.7 Å². The molecule has 0 N–H and O–H groups in total. The molecule has 0 radical (unpaired) electrons. The molecule has 0 amide bonds. The second-order valence-corrected chi connectivity index (χ2v) is 9.31. The van der Waals surface area contributed by atoms with Gasteiger partial charge in [-0.15, -0.1) is 0 Å². The average molecular weight is 464 g/mol. The highest BCUT2D eigenvalue weighted by Crippen LogP contribution is 2.38. The highest BCUT2D eigenvalue weighted by Gasteiger charge is 2.29. The molecule has 2 fully saturated rings. The lowest BCUT2D eigenvalue weighted by atomic mass is 10.1. The van der Waals surface area contributed by atoms with Crippen LogP contribution in [0.5, 0.6) is 0 Å². The molecule has 0 spiro atoms. The summed E-state index contributed by atoms with van der Waals surface area (Å²) >= 11 is 0. The van der Waals surface area contributed by atoms with Crippen molar-refractivity contribution < 1.29 is 13.9 Å². The first-order chi connectivity index (χ1) is 16.4. The summed E-state index contributed by atoms with van der Waals surface area (Å²) in [6.45, 7) is 8.44. The van der Waals surface area contributed by atoms with Crippen LogP contribution in [0.15, 0.2) is 47.4 Å². The number of carbonyl (C=O) groups is 1. The van der Waals surface area contributed by atoms with Gasteiger partial charge in [-0.1, -0.05) is 36.8 Å². The van der Waals surface area contributed by atoms with E-state index in [4.69, 9.17) is 4.74 Å². The number of ether oxygens (including phenoxy) is 1. The van der Waals surface area contributed by atoms with Crippen LogP contribution in [-0.4, -0.2) is 48.2 Å². The number of hydrogen-bond acceptors (Lipinski definition) is 5. The second-order valence-electron chi connectivity index (χ2n) is 9.31. The molecule has 2 aliphatic rings. The smallest absolute Gasteiger partial charge is 0.343 e. The van der Waals surface area contributed by atoms with E-state index in [9.17, 15) is 9.59 Å². The van der Waals surface area contributed by atoms with Crippen molar-refractivity contribution >= 4 is 22.6 Å². The molecule has 1 aliphatic carbocycles.